The molecule has 1 atom stereocenters. The third-order valence-corrected chi connectivity index (χ3v) is 4.17. The second kappa shape index (κ2) is 5.80. The number of aromatic nitrogens is 2. The van der Waals surface area contributed by atoms with Gasteiger partial charge in [-0.15, -0.1) is 10.2 Å². The Balaban J connectivity index is 2.01. The third kappa shape index (κ3) is 3.55. The maximum atomic E-state index is 9.13. The van der Waals surface area contributed by atoms with Crippen molar-refractivity contribution in [1.29, 1.82) is 5.26 Å². The highest BCUT2D eigenvalue weighted by Gasteiger charge is 2.12. The number of rotatable bonds is 4. The van der Waals surface area contributed by atoms with Crippen molar-refractivity contribution in [2.24, 2.45) is 0 Å². The molecule has 5 heteroatoms. The topological polar surface area (TPSA) is 49.6 Å². The van der Waals surface area contributed by atoms with Crippen molar-refractivity contribution in [2.45, 2.75) is 22.9 Å². The summed E-state index contributed by atoms with van der Waals surface area (Å²) in [4.78, 5) is 0. The average molecular weight is 261 g/mol. The zero-order chi connectivity index (χ0) is 12.1. The van der Waals surface area contributed by atoms with Crippen molar-refractivity contribution in [1.82, 2.24) is 10.2 Å². The lowest BCUT2D eigenvalue weighted by atomic mass is 10.1. The zero-order valence-electron chi connectivity index (χ0n) is 9.33. The molecule has 0 spiro atoms. The van der Waals surface area contributed by atoms with E-state index in [4.69, 9.17) is 5.26 Å². The van der Waals surface area contributed by atoms with Crippen LogP contribution in [0, 0.1) is 18.3 Å². The Morgan fingerprint density at radius 2 is 2.18 bits per heavy atom. The third-order valence-electron chi connectivity index (χ3n) is 2.27. The normalized spacial score (nSPS) is 12.0. The number of thioether (sulfide) groups is 1. The van der Waals surface area contributed by atoms with Gasteiger partial charge in [0.25, 0.3) is 0 Å². The SMILES string of the molecule is Cc1ccc(C[C@@H](C#N)Sc2nncs2)cc1. The second-order valence-electron chi connectivity index (χ2n) is 3.63. The van der Waals surface area contributed by atoms with Crippen LogP contribution >= 0.6 is 23.1 Å². The Morgan fingerprint density at radius 1 is 1.41 bits per heavy atom. The first kappa shape index (κ1) is 12.1. The first-order valence-electron chi connectivity index (χ1n) is 5.16. The Kier molecular flexibility index (Phi) is 4.13. The molecule has 0 aliphatic heterocycles. The van der Waals surface area contributed by atoms with E-state index in [1.54, 1.807) is 5.51 Å². The van der Waals surface area contributed by atoms with Crippen LogP contribution in [0.1, 0.15) is 11.1 Å². The smallest absolute Gasteiger partial charge is 0.175 e. The van der Waals surface area contributed by atoms with E-state index < -0.39 is 0 Å². The van der Waals surface area contributed by atoms with Crippen LogP contribution in [0.4, 0.5) is 0 Å². The van der Waals surface area contributed by atoms with Gasteiger partial charge in [0.2, 0.25) is 0 Å². The van der Waals surface area contributed by atoms with Crippen LogP contribution in [0.25, 0.3) is 0 Å². The number of aryl methyl sites for hydroxylation is 1. The molecule has 2 aromatic rings. The summed E-state index contributed by atoms with van der Waals surface area (Å²) >= 11 is 2.95. The summed E-state index contributed by atoms with van der Waals surface area (Å²) in [7, 11) is 0. The number of hydrogen-bond acceptors (Lipinski definition) is 5. The Labute approximate surface area is 109 Å². The van der Waals surface area contributed by atoms with Crippen molar-refractivity contribution in [2.75, 3.05) is 0 Å². The lowest BCUT2D eigenvalue weighted by molar-refractivity contribution is 0.988. The minimum absolute atomic E-state index is 0.106. The lowest BCUT2D eigenvalue weighted by Gasteiger charge is -2.06. The predicted octanol–water partition coefficient (Wildman–Crippen LogP) is 3.07. The minimum Gasteiger partial charge on any atom is -0.197 e. The van der Waals surface area contributed by atoms with Gasteiger partial charge in [-0.25, -0.2) is 0 Å². The van der Waals surface area contributed by atoms with Crippen molar-refractivity contribution in [3.05, 3.63) is 40.9 Å². The monoisotopic (exact) mass is 261 g/mol. The van der Waals surface area contributed by atoms with Gasteiger partial charge in [0, 0.05) is 0 Å². The van der Waals surface area contributed by atoms with Gasteiger partial charge in [-0.05, 0) is 18.9 Å². The van der Waals surface area contributed by atoms with Gasteiger partial charge in [0.1, 0.15) is 10.8 Å². The molecule has 0 unspecified atom stereocenters. The fraction of sp³-hybridized carbons (Fsp3) is 0.250. The van der Waals surface area contributed by atoms with Crippen LogP contribution in [0.15, 0.2) is 34.1 Å². The van der Waals surface area contributed by atoms with Crippen molar-refractivity contribution in [3.8, 4) is 6.07 Å². The molecule has 86 valence electrons. The van der Waals surface area contributed by atoms with E-state index in [1.165, 1.54) is 34.2 Å². The maximum absolute atomic E-state index is 9.13. The molecule has 0 saturated carbocycles. The molecule has 1 aromatic heterocycles. The molecule has 0 bridgehead atoms. The molecule has 0 aliphatic carbocycles. The van der Waals surface area contributed by atoms with Gasteiger partial charge in [0.15, 0.2) is 4.34 Å². The average Bonchev–Trinajstić information content (AvgIpc) is 2.84. The molecule has 0 radical (unpaired) electrons. The quantitative estimate of drug-likeness (QED) is 0.794. The van der Waals surface area contributed by atoms with E-state index >= 15 is 0 Å². The van der Waals surface area contributed by atoms with Crippen LogP contribution in [0.5, 0.6) is 0 Å². The first-order chi connectivity index (χ1) is 8.28. The molecular weight excluding hydrogens is 250 g/mol. The number of hydrogen-bond donors (Lipinski definition) is 0. The summed E-state index contributed by atoms with van der Waals surface area (Å²) in [5.41, 5.74) is 4.10. The van der Waals surface area contributed by atoms with E-state index in [0.29, 0.717) is 0 Å². The van der Waals surface area contributed by atoms with Crippen LogP contribution in [-0.2, 0) is 6.42 Å². The lowest BCUT2D eigenvalue weighted by Crippen LogP contribution is -2.03. The molecule has 3 nitrogen and oxygen atoms in total. The number of nitrogens with zero attached hydrogens (tertiary/aromatic N) is 3. The summed E-state index contributed by atoms with van der Waals surface area (Å²) in [5, 5.41) is 16.7. The zero-order valence-corrected chi connectivity index (χ0v) is 11.0. The molecule has 0 fully saturated rings. The molecule has 0 saturated heterocycles. The second-order valence-corrected chi connectivity index (χ2v) is 5.91. The summed E-state index contributed by atoms with van der Waals surface area (Å²) in [5.74, 6) is 0. The van der Waals surface area contributed by atoms with E-state index in [-0.39, 0.29) is 5.25 Å². The van der Waals surface area contributed by atoms with Gasteiger partial charge < -0.3 is 0 Å². The van der Waals surface area contributed by atoms with E-state index in [9.17, 15) is 0 Å². The van der Waals surface area contributed by atoms with Gasteiger partial charge in [-0.3, -0.25) is 0 Å². The molecule has 17 heavy (non-hydrogen) atoms. The molecule has 0 N–H and O–H groups in total. The summed E-state index contributed by atoms with van der Waals surface area (Å²) in [6.45, 7) is 2.06. The summed E-state index contributed by atoms with van der Waals surface area (Å²) in [6.07, 6.45) is 0.737. The van der Waals surface area contributed by atoms with Crippen LogP contribution in [0.2, 0.25) is 0 Å². The fourth-order valence-electron chi connectivity index (χ4n) is 1.39. The van der Waals surface area contributed by atoms with Crippen LogP contribution in [-0.4, -0.2) is 15.4 Å². The van der Waals surface area contributed by atoms with Gasteiger partial charge >= 0.3 is 0 Å². The van der Waals surface area contributed by atoms with Crippen molar-refractivity contribution >= 4 is 23.1 Å². The summed E-state index contributed by atoms with van der Waals surface area (Å²) < 4.78 is 0.851. The highest BCUT2D eigenvalue weighted by molar-refractivity contribution is 8.01. The van der Waals surface area contributed by atoms with Gasteiger partial charge in [-0.2, -0.15) is 5.26 Å². The number of nitriles is 1. The van der Waals surface area contributed by atoms with Crippen LogP contribution < -0.4 is 0 Å². The largest absolute Gasteiger partial charge is 0.197 e. The molecule has 1 aromatic carbocycles. The van der Waals surface area contributed by atoms with E-state index in [2.05, 4.69) is 47.5 Å². The summed E-state index contributed by atoms with van der Waals surface area (Å²) in [6, 6.07) is 10.6. The standard InChI is InChI=1S/C12H11N3S2/c1-9-2-4-10(5-3-9)6-11(7-13)17-12-15-14-8-16-12/h2-5,8,11H,6H2,1H3/t11-/m0/s1. The Morgan fingerprint density at radius 3 is 2.76 bits per heavy atom. The fourth-order valence-corrected chi connectivity index (χ4v) is 3.03. The predicted molar refractivity (Wildman–Crippen MR) is 70.1 cm³/mol. The molecule has 2 rings (SSSR count). The first-order valence-corrected chi connectivity index (χ1v) is 6.92. The highest BCUT2D eigenvalue weighted by Crippen LogP contribution is 2.26. The van der Waals surface area contributed by atoms with Crippen LogP contribution in [0.3, 0.4) is 0 Å². The van der Waals surface area contributed by atoms with Gasteiger partial charge in [0.05, 0.1) is 6.07 Å². The van der Waals surface area contributed by atoms with E-state index in [0.717, 1.165) is 10.8 Å². The molecule has 0 amide bonds. The maximum Gasteiger partial charge on any atom is 0.175 e. The van der Waals surface area contributed by atoms with Crippen molar-refractivity contribution in [3.63, 3.8) is 0 Å². The Bertz CT molecular complexity index is 500. The Hall–Kier alpha value is -1.38. The molecule has 1 heterocycles. The molecular formula is C12H11N3S2. The van der Waals surface area contributed by atoms with Crippen molar-refractivity contribution < 1.29 is 0 Å². The molecule has 0 aliphatic rings. The highest BCUT2D eigenvalue weighted by atomic mass is 32.2. The van der Waals surface area contributed by atoms with E-state index in [1.807, 2.05) is 0 Å². The minimum atomic E-state index is -0.106. The number of benzene rings is 1. The van der Waals surface area contributed by atoms with Gasteiger partial charge in [-0.1, -0.05) is 52.9 Å².